The number of H-pyrrole nitrogens is 1. The van der Waals surface area contributed by atoms with Crippen LogP contribution in [0.1, 0.15) is 0 Å². The standard InChI is InChI=1S/C21H16F2N4O2S/c1-27-20(29)19-18(14(10-24-19)12-5-3-2-4-6-12)26-21(27)30-11-17(28)25-16-9-13(22)7-8-15(16)23/h2-10,24H,11H2,1H3,(H,25,28). The summed E-state index contributed by atoms with van der Waals surface area (Å²) in [4.78, 5) is 32.4. The highest BCUT2D eigenvalue weighted by atomic mass is 32.2. The van der Waals surface area contributed by atoms with Crippen LogP contribution in [0.15, 0.2) is 64.7 Å². The number of fused-ring (bicyclic) bond motifs is 1. The fourth-order valence-electron chi connectivity index (χ4n) is 3.00. The summed E-state index contributed by atoms with van der Waals surface area (Å²) in [6.07, 6.45) is 1.72. The molecule has 9 heteroatoms. The third-order valence-electron chi connectivity index (χ3n) is 4.49. The summed E-state index contributed by atoms with van der Waals surface area (Å²) in [6.45, 7) is 0. The van der Waals surface area contributed by atoms with Gasteiger partial charge in [-0.15, -0.1) is 0 Å². The molecule has 0 bridgehead atoms. The second-order valence-electron chi connectivity index (χ2n) is 6.51. The highest BCUT2D eigenvalue weighted by Gasteiger charge is 2.16. The van der Waals surface area contributed by atoms with E-state index in [0.717, 1.165) is 41.1 Å². The van der Waals surface area contributed by atoms with E-state index < -0.39 is 17.5 Å². The van der Waals surface area contributed by atoms with Crippen LogP contribution < -0.4 is 10.9 Å². The largest absolute Gasteiger partial charge is 0.355 e. The van der Waals surface area contributed by atoms with Crippen molar-refractivity contribution < 1.29 is 13.6 Å². The lowest BCUT2D eigenvalue weighted by Crippen LogP contribution is -2.21. The number of halogens is 2. The van der Waals surface area contributed by atoms with Crippen molar-refractivity contribution in [2.24, 2.45) is 7.05 Å². The fraction of sp³-hybridized carbons (Fsp3) is 0.0952. The maximum absolute atomic E-state index is 13.7. The van der Waals surface area contributed by atoms with Crippen LogP contribution in [0.2, 0.25) is 0 Å². The van der Waals surface area contributed by atoms with Crippen molar-refractivity contribution in [3.8, 4) is 11.1 Å². The van der Waals surface area contributed by atoms with Gasteiger partial charge >= 0.3 is 0 Å². The Kier molecular flexibility index (Phi) is 5.37. The number of anilines is 1. The van der Waals surface area contributed by atoms with Gasteiger partial charge in [0.05, 0.1) is 11.4 Å². The molecule has 0 aliphatic heterocycles. The van der Waals surface area contributed by atoms with Gasteiger partial charge < -0.3 is 10.3 Å². The Balaban J connectivity index is 1.59. The van der Waals surface area contributed by atoms with Gasteiger partial charge in [-0.2, -0.15) is 0 Å². The Bertz CT molecular complexity index is 1300. The van der Waals surface area contributed by atoms with Crippen molar-refractivity contribution >= 4 is 34.4 Å². The molecule has 2 heterocycles. The average molecular weight is 426 g/mol. The van der Waals surface area contributed by atoms with Gasteiger partial charge in [0.2, 0.25) is 5.91 Å². The molecule has 0 unspecified atom stereocenters. The number of benzene rings is 2. The lowest BCUT2D eigenvalue weighted by Gasteiger charge is -2.09. The van der Waals surface area contributed by atoms with Crippen LogP contribution >= 0.6 is 11.8 Å². The van der Waals surface area contributed by atoms with Gasteiger partial charge in [-0.05, 0) is 17.7 Å². The number of nitrogens with one attached hydrogen (secondary N) is 2. The maximum Gasteiger partial charge on any atom is 0.278 e. The molecule has 0 aliphatic rings. The number of carbonyl (C=O) groups is 1. The Labute approximate surface area is 174 Å². The second kappa shape index (κ2) is 8.11. The minimum absolute atomic E-state index is 0.132. The topological polar surface area (TPSA) is 79.8 Å². The zero-order valence-corrected chi connectivity index (χ0v) is 16.6. The normalized spacial score (nSPS) is 11.0. The zero-order valence-electron chi connectivity index (χ0n) is 15.8. The number of carbonyl (C=O) groups excluding carboxylic acids is 1. The minimum atomic E-state index is -0.735. The van der Waals surface area contributed by atoms with Gasteiger partial charge in [-0.3, -0.25) is 14.2 Å². The van der Waals surface area contributed by atoms with E-state index in [2.05, 4.69) is 15.3 Å². The summed E-state index contributed by atoms with van der Waals surface area (Å²) in [5.74, 6) is -2.07. The summed E-state index contributed by atoms with van der Waals surface area (Å²) in [5, 5.41) is 2.66. The van der Waals surface area contributed by atoms with Gasteiger partial charge in [0, 0.05) is 24.9 Å². The van der Waals surface area contributed by atoms with Crippen molar-refractivity contribution in [2.45, 2.75) is 5.16 Å². The first kappa shape index (κ1) is 19.8. The number of rotatable bonds is 5. The molecule has 6 nitrogen and oxygen atoms in total. The quantitative estimate of drug-likeness (QED) is 0.374. The van der Waals surface area contributed by atoms with E-state index in [-0.39, 0.29) is 17.0 Å². The Morgan fingerprint density at radius 1 is 1.20 bits per heavy atom. The molecule has 2 aromatic heterocycles. The lowest BCUT2D eigenvalue weighted by atomic mass is 10.1. The van der Waals surface area contributed by atoms with Crippen molar-refractivity contribution in [1.82, 2.24) is 14.5 Å². The molecular weight excluding hydrogens is 410 g/mol. The lowest BCUT2D eigenvalue weighted by molar-refractivity contribution is -0.113. The minimum Gasteiger partial charge on any atom is -0.355 e. The number of amides is 1. The molecule has 0 spiro atoms. The van der Waals surface area contributed by atoms with Crippen LogP contribution in [0.4, 0.5) is 14.5 Å². The molecule has 1 amide bonds. The summed E-state index contributed by atoms with van der Waals surface area (Å²) in [5.41, 5.74) is 2.03. The summed E-state index contributed by atoms with van der Waals surface area (Å²) >= 11 is 1.03. The van der Waals surface area contributed by atoms with Crippen LogP contribution in [0, 0.1) is 11.6 Å². The van der Waals surface area contributed by atoms with Gasteiger partial charge in [0.25, 0.3) is 5.56 Å². The van der Waals surface area contributed by atoms with E-state index in [1.165, 1.54) is 4.57 Å². The Morgan fingerprint density at radius 2 is 1.97 bits per heavy atom. The van der Waals surface area contributed by atoms with Crippen LogP contribution in [-0.2, 0) is 11.8 Å². The molecular formula is C21H16F2N4O2S. The Morgan fingerprint density at radius 3 is 2.73 bits per heavy atom. The molecule has 4 aromatic rings. The molecule has 152 valence electrons. The van der Waals surface area contributed by atoms with E-state index in [4.69, 9.17) is 0 Å². The number of nitrogens with zero attached hydrogens (tertiary/aromatic N) is 2. The molecule has 0 atom stereocenters. The third-order valence-corrected chi connectivity index (χ3v) is 5.52. The SMILES string of the molecule is Cn1c(SCC(=O)Nc2cc(F)ccc2F)nc2c(-c3ccccc3)c[nH]c2c1=O. The first-order valence-electron chi connectivity index (χ1n) is 8.95. The Hall–Kier alpha value is -3.46. The first-order chi connectivity index (χ1) is 14.4. The number of hydrogen-bond donors (Lipinski definition) is 2. The highest BCUT2D eigenvalue weighted by Crippen LogP contribution is 2.27. The predicted octanol–water partition coefficient (Wildman–Crippen LogP) is 3.94. The third kappa shape index (κ3) is 3.84. The van der Waals surface area contributed by atoms with Gasteiger partial charge in [-0.1, -0.05) is 42.1 Å². The first-order valence-corrected chi connectivity index (χ1v) is 9.94. The molecule has 0 aliphatic carbocycles. The van der Waals surface area contributed by atoms with Gasteiger partial charge in [0.15, 0.2) is 5.16 Å². The predicted molar refractivity (Wildman–Crippen MR) is 112 cm³/mol. The number of aromatic nitrogens is 3. The number of aromatic amines is 1. The molecule has 4 rings (SSSR count). The van der Waals surface area contributed by atoms with Crippen LogP contribution in [0.25, 0.3) is 22.2 Å². The van der Waals surface area contributed by atoms with Gasteiger partial charge in [0.1, 0.15) is 22.7 Å². The average Bonchev–Trinajstić information content (AvgIpc) is 3.17. The molecule has 0 fully saturated rings. The molecule has 2 aromatic carbocycles. The van der Waals surface area contributed by atoms with E-state index in [1.54, 1.807) is 13.2 Å². The van der Waals surface area contributed by atoms with Crippen molar-refractivity contribution in [3.05, 3.63) is 76.7 Å². The fourth-order valence-corrected chi connectivity index (χ4v) is 3.76. The van der Waals surface area contributed by atoms with Crippen LogP contribution in [-0.4, -0.2) is 26.2 Å². The van der Waals surface area contributed by atoms with Crippen LogP contribution in [0.5, 0.6) is 0 Å². The molecule has 30 heavy (non-hydrogen) atoms. The molecule has 0 radical (unpaired) electrons. The van der Waals surface area contributed by atoms with E-state index in [1.807, 2.05) is 30.3 Å². The second-order valence-corrected chi connectivity index (χ2v) is 7.45. The molecule has 2 N–H and O–H groups in total. The monoisotopic (exact) mass is 426 g/mol. The van der Waals surface area contributed by atoms with E-state index in [9.17, 15) is 18.4 Å². The van der Waals surface area contributed by atoms with Crippen molar-refractivity contribution in [1.29, 1.82) is 0 Å². The van der Waals surface area contributed by atoms with Crippen LogP contribution in [0.3, 0.4) is 0 Å². The summed E-state index contributed by atoms with van der Waals surface area (Å²) in [7, 11) is 1.56. The maximum atomic E-state index is 13.7. The van der Waals surface area contributed by atoms with Crippen molar-refractivity contribution in [2.75, 3.05) is 11.1 Å². The zero-order chi connectivity index (χ0) is 21.3. The molecule has 0 saturated carbocycles. The number of thioether (sulfide) groups is 1. The smallest absolute Gasteiger partial charge is 0.278 e. The summed E-state index contributed by atoms with van der Waals surface area (Å²) in [6, 6.07) is 12.3. The van der Waals surface area contributed by atoms with E-state index in [0.29, 0.717) is 16.2 Å². The highest BCUT2D eigenvalue weighted by molar-refractivity contribution is 7.99. The summed E-state index contributed by atoms with van der Waals surface area (Å²) < 4.78 is 28.3. The van der Waals surface area contributed by atoms with Crippen molar-refractivity contribution in [3.63, 3.8) is 0 Å². The molecule has 0 saturated heterocycles. The number of hydrogen-bond acceptors (Lipinski definition) is 4. The van der Waals surface area contributed by atoms with E-state index >= 15 is 0 Å². The van der Waals surface area contributed by atoms with Gasteiger partial charge in [-0.25, -0.2) is 13.8 Å².